The molecular formula is C24H30ClN3O2. The Labute approximate surface area is 184 Å². The van der Waals surface area contributed by atoms with Gasteiger partial charge in [0.1, 0.15) is 0 Å². The summed E-state index contributed by atoms with van der Waals surface area (Å²) in [5, 5.41) is 3.41. The molecule has 0 aliphatic carbocycles. The zero-order valence-corrected chi connectivity index (χ0v) is 18.3. The molecule has 2 aromatic rings. The van der Waals surface area contributed by atoms with Crippen LogP contribution in [0.2, 0.25) is 0 Å². The molecule has 0 saturated carbocycles. The third kappa shape index (κ3) is 4.68. The monoisotopic (exact) mass is 427 g/mol. The molecule has 1 fully saturated rings. The minimum Gasteiger partial charge on any atom is -0.333 e. The summed E-state index contributed by atoms with van der Waals surface area (Å²) in [5.74, 6) is 0.232. The Morgan fingerprint density at radius 3 is 2.63 bits per heavy atom. The van der Waals surface area contributed by atoms with Crippen molar-refractivity contribution in [3.63, 3.8) is 0 Å². The Morgan fingerprint density at radius 2 is 1.87 bits per heavy atom. The molecule has 2 amide bonds. The quantitative estimate of drug-likeness (QED) is 0.794. The summed E-state index contributed by atoms with van der Waals surface area (Å²) < 4.78 is 0. The minimum atomic E-state index is 0. The van der Waals surface area contributed by atoms with E-state index in [4.69, 9.17) is 0 Å². The van der Waals surface area contributed by atoms with Crippen LogP contribution < -0.4 is 10.2 Å². The molecule has 160 valence electrons. The van der Waals surface area contributed by atoms with E-state index in [1.807, 2.05) is 23.1 Å². The summed E-state index contributed by atoms with van der Waals surface area (Å²) in [5.41, 5.74) is 4.62. The van der Waals surface area contributed by atoms with Crippen LogP contribution in [-0.2, 0) is 22.4 Å². The van der Waals surface area contributed by atoms with E-state index in [1.54, 1.807) is 4.90 Å². The van der Waals surface area contributed by atoms with E-state index < -0.39 is 0 Å². The lowest BCUT2D eigenvalue weighted by Gasteiger charge is -2.37. The fourth-order valence-corrected chi connectivity index (χ4v) is 4.37. The number of halogens is 1. The number of para-hydroxylation sites is 1. The van der Waals surface area contributed by atoms with Crippen LogP contribution in [0, 0.1) is 0 Å². The predicted molar refractivity (Wildman–Crippen MR) is 122 cm³/mol. The van der Waals surface area contributed by atoms with Crippen LogP contribution in [0.4, 0.5) is 5.69 Å². The van der Waals surface area contributed by atoms with Gasteiger partial charge in [0.05, 0.1) is 6.04 Å². The van der Waals surface area contributed by atoms with Crippen molar-refractivity contribution in [2.24, 2.45) is 0 Å². The van der Waals surface area contributed by atoms with E-state index in [9.17, 15) is 9.59 Å². The third-order valence-corrected chi connectivity index (χ3v) is 6.08. The number of carbonyl (C=O) groups is 2. The Balaban J connectivity index is 0.00000256. The molecule has 4 rings (SSSR count). The summed E-state index contributed by atoms with van der Waals surface area (Å²) in [6.45, 7) is 4.86. The number of piperazine rings is 1. The number of fused-ring (bicyclic) bond motifs is 1. The molecule has 2 aliphatic rings. The average molecular weight is 428 g/mol. The first-order chi connectivity index (χ1) is 14.2. The Hall–Kier alpha value is -2.37. The first-order valence-electron chi connectivity index (χ1n) is 10.6. The van der Waals surface area contributed by atoms with E-state index in [0.717, 1.165) is 31.6 Å². The second-order valence-electron chi connectivity index (χ2n) is 7.83. The zero-order valence-electron chi connectivity index (χ0n) is 17.5. The van der Waals surface area contributed by atoms with Crippen molar-refractivity contribution in [1.82, 2.24) is 10.2 Å². The molecular weight excluding hydrogens is 398 g/mol. The maximum absolute atomic E-state index is 13.1. The Morgan fingerprint density at radius 1 is 1.10 bits per heavy atom. The van der Waals surface area contributed by atoms with Crippen molar-refractivity contribution < 1.29 is 9.59 Å². The molecule has 0 radical (unpaired) electrons. The molecule has 5 nitrogen and oxygen atoms in total. The molecule has 0 spiro atoms. The standard InChI is InChI=1S/C24H29N3O2.ClH/c1-2-18-7-9-20(10-8-18)22-17-25-14-16-27(22)24(29)13-15-26-21-6-4-3-5-19(21)11-12-23(26)28;/h3-10,22,25H,2,11-17H2,1H3;1H. The lowest BCUT2D eigenvalue weighted by Crippen LogP contribution is -2.49. The number of nitrogens with one attached hydrogen (secondary N) is 1. The van der Waals surface area contributed by atoms with E-state index >= 15 is 0 Å². The molecule has 30 heavy (non-hydrogen) atoms. The van der Waals surface area contributed by atoms with Crippen LogP contribution in [0.15, 0.2) is 48.5 Å². The van der Waals surface area contributed by atoms with Gasteiger partial charge in [-0.25, -0.2) is 0 Å². The molecule has 2 heterocycles. The molecule has 0 bridgehead atoms. The molecule has 1 saturated heterocycles. The van der Waals surface area contributed by atoms with Gasteiger partial charge in [0.15, 0.2) is 0 Å². The van der Waals surface area contributed by atoms with E-state index in [-0.39, 0.29) is 30.3 Å². The number of nitrogens with zero attached hydrogens (tertiary/aromatic N) is 2. The second kappa shape index (κ2) is 10.1. The normalized spacial score (nSPS) is 18.6. The van der Waals surface area contributed by atoms with Crippen LogP contribution in [-0.4, -0.2) is 42.9 Å². The number of anilines is 1. The maximum atomic E-state index is 13.1. The van der Waals surface area contributed by atoms with E-state index in [2.05, 4.69) is 42.6 Å². The summed E-state index contributed by atoms with van der Waals surface area (Å²) in [6.07, 6.45) is 2.67. The second-order valence-corrected chi connectivity index (χ2v) is 7.83. The molecule has 2 aliphatic heterocycles. The van der Waals surface area contributed by atoms with Crippen LogP contribution in [0.1, 0.15) is 42.5 Å². The highest BCUT2D eigenvalue weighted by molar-refractivity contribution is 5.97. The first kappa shape index (κ1) is 22.3. The van der Waals surface area contributed by atoms with Crippen molar-refractivity contribution in [3.05, 3.63) is 65.2 Å². The number of amides is 2. The largest absolute Gasteiger partial charge is 0.333 e. The summed E-state index contributed by atoms with van der Waals surface area (Å²) in [6, 6.07) is 16.6. The van der Waals surface area contributed by atoms with Gasteiger partial charge in [-0.1, -0.05) is 49.4 Å². The molecule has 1 unspecified atom stereocenters. The van der Waals surface area contributed by atoms with Gasteiger partial charge < -0.3 is 15.1 Å². The maximum Gasteiger partial charge on any atom is 0.227 e. The Bertz CT molecular complexity index is 884. The highest BCUT2D eigenvalue weighted by Crippen LogP contribution is 2.28. The summed E-state index contributed by atoms with van der Waals surface area (Å²) in [4.78, 5) is 29.4. The SMILES string of the molecule is CCc1ccc(C2CNCCN2C(=O)CCN2C(=O)CCc3ccccc32)cc1.Cl. The molecule has 1 N–H and O–H groups in total. The topological polar surface area (TPSA) is 52.7 Å². The number of benzene rings is 2. The van der Waals surface area contributed by atoms with Gasteiger partial charge in [-0.2, -0.15) is 0 Å². The van der Waals surface area contributed by atoms with Crippen molar-refractivity contribution in [1.29, 1.82) is 0 Å². The van der Waals surface area contributed by atoms with Gasteiger partial charge in [-0.05, 0) is 35.6 Å². The van der Waals surface area contributed by atoms with E-state index in [0.29, 0.717) is 25.9 Å². The lowest BCUT2D eigenvalue weighted by atomic mass is 10.00. The predicted octanol–water partition coefficient (Wildman–Crippen LogP) is 3.51. The lowest BCUT2D eigenvalue weighted by molar-refractivity contribution is -0.134. The van der Waals surface area contributed by atoms with E-state index in [1.165, 1.54) is 16.7 Å². The zero-order chi connectivity index (χ0) is 20.2. The van der Waals surface area contributed by atoms with Gasteiger partial charge in [0.25, 0.3) is 0 Å². The smallest absolute Gasteiger partial charge is 0.227 e. The van der Waals surface area contributed by atoms with Gasteiger partial charge in [0.2, 0.25) is 11.8 Å². The van der Waals surface area contributed by atoms with Crippen LogP contribution in [0.3, 0.4) is 0 Å². The third-order valence-electron chi connectivity index (χ3n) is 6.08. The van der Waals surface area contributed by atoms with Crippen LogP contribution >= 0.6 is 12.4 Å². The number of hydrogen-bond acceptors (Lipinski definition) is 3. The first-order valence-corrected chi connectivity index (χ1v) is 10.6. The number of aryl methyl sites for hydroxylation is 2. The van der Waals surface area contributed by atoms with Crippen molar-refractivity contribution in [3.8, 4) is 0 Å². The van der Waals surface area contributed by atoms with Gasteiger partial charge >= 0.3 is 0 Å². The van der Waals surface area contributed by atoms with Crippen molar-refractivity contribution in [2.75, 3.05) is 31.1 Å². The molecule has 0 aromatic heterocycles. The van der Waals surface area contributed by atoms with Crippen LogP contribution in [0.25, 0.3) is 0 Å². The Kier molecular flexibility index (Phi) is 7.51. The number of hydrogen-bond donors (Lipinski definition) is 1. The average Bonchev–Trinajstić information content (AvgIpc) is 2.78. The fraction of sp³-hybridized carbons (Fsp3) is 0.417. The van der Waals surface area contributed by atoms with Gasteiger partial charge in [-0.3, -0.25) is 9.59 Å². The van der Waals surface area contributed by atoms with Crippen LogP contribution in [0.5, 0.6) is 0 Å². The van der Waals surface area contributed by atoms with Gasteiger partial charge in [0, 0.05) is 44.7 Å². The molecule has 2 aromatic carbocycles. The highest BCUT2D eigenvalue weighted by Gasteiger charge is 2.29. The van der Waals surface area contributed by atoms with Crippen molar-refractivity contribution >= 4 is 29.9 Å². The minimum absolute atomic E-state index is 0. The number of rotatable bonds is 5. The fourth-order valence-electron chi connectivity index (χ4n) is 4.37. The molecule has 6 heteroatoms. The highest BCUT2D eigenvalue weighted by atomic mass is 35.5. The van der Waals surface area contributed by atoms with Crippen molar-refractivity contribution in [2.45, 2.75) is 38.6 Å². The van der Waals surface area contributed by atoms with Gasteiger partial charge in [-0.15, -0.1) is 12.4 Å². The summed E-state index contributed by atoms with van der Waals surface area (Å²) >= 11 is 0. The summed E-state index contributed by atoms with van der Waals surface area (Å²) in [7, 11) is 0. The molecule has 1 atom stereocenters. The number of carbonyl (C=O) groups excluding carboxylic acids is 2.